The molecule has 0 saturated carbocycles. The Morgan fingerprint density at radius 2 is 1.53 bits per heavy atom. The van der Waals surface area contributed by atoms with Crippen molar-refractivity contribution < 1.29 is 9.59 Å². The second kappa shape index (κ2) is 4.67. The maximum absolute atomic E-state index is 12.0. The topological polar surface area (TPSA) is 37.4 Å². The van der Waals surface area contributed by atoms with Gasteiger partial charge in [0.25, 0.3) is 11.8 Å². The average molecular weight is 272 g/mol. The van der Waals surface area contributed by atoms with Crippen LogP contribution in [0.25, 0.3) is 0 Å². The summed E-state index contributed by atoms with van der Waals surface area (Å²) in [6.07, 6.45) is 1.69. The molecule has 0 radical (unpaired) electrons. The second-order valence-corrected chi connectivity index (χ2v) is 4.71. The third-order valence-electron chi connectivity index (χ3n) is 2.76. The molecule has 0 N–H and O–H groups in total. The Kier molecular flexibility index (Phi) is 3.40. The number of hydrogen-bond donors (Lipinski definition) is 0. The molecular formula is C12H11Cl2NO2. The van der Waals surface area contributed by atoms with Gasteiger partial charge in [0, 0.05) is 6.54 Å². The lowest BCUT2D eigenvalue weighted by atomic mass is 10.1. The first-order valence-corrected chi connectivity index (χ1v) is 6.17. The molecule has 3 nitrogen and oxygen atoms in total. The third kappa shape index (κ3) is 1.94. The largest absolute Gasteiger partial charge is 0.274 e. The first kappa shape index (κ1) is 12.4. The van der Waals surface area contributed by atoms with Gasteiger partial charge in [-0.1, -0.05) is 36.5 Å². The Morgan fingerprint density at radius 3 is 1.94 bits per heavy atom. The summed E-state index contributed by atoms with van der Waals surface area (Å²) in [4.78, 5) is 25.3. The highest BCUT2D eigenvalue weighted by Gasteiger charge is 2.38. The van der Waals surface area contributed by atoms with Crippen molar-refractivity contribution in [2.75, 3.05) is 6.54 Å². The van der Waals surface area contributed by atoms with E-state index in [1.54, 1.807) is 0 Å². The minimum Gasteiger partial charge on any atom is -0.274 e. The number of unbranched alkanes of at least 4 members (excludes halogenated alkanes) is 1. The summed E-state index contributed by atoms with van der Waals surface area (Å²) in [7, 11) is 0. The van der Waals surface area contributed by atoms with Gasteiger partial charge in [0.2, 0.25) is 0 Å². The molecule has 0 fully saturated rings. The zero-order chi connectivity index (χ0) is 12.6. The molecule has 1 heterocycles. The predicted molar refractivity (Wildman–Crippen MR) is 66.7 cm³/mol. The molecule has 1 aliphatic rings. The van der Waals surface area contributed by atoms with Crippen LogP contribution in [-0.4, -0.2) is 23.3 Å². The molecule has 2 amide bonds. The quantitative estimate of drug-likeness (QED) is 0.791. The minimum atomic E-state index is -0.342. The van der Waals surface area contributed by atoms with Crippen molar-refractivity contribution in [1.82, 2.24) is 4.90 Å². The van der Waals surface area contributed by atoms with Crippen molar-refractivity contribution in [1.29, 1.82) is 0 Å². The molecular weight excluding hydrogens is 261 g/mol. The number of carbonyl (C=O) groups is 2. The van der Waals surface area contributed by atoms with Crippen LogP contribution in [0.15, 0.2) is 12.1 Å². The van der Waals surface area contributed by atoms with E-state index >= 15 is 0 Å². The Labute approximate surface area is 109 Å². The number of halogens is 2. The highest BCUT2D eigenvalue weighted by molar-refractivity contribution is 6.41. The van der Waals surface area contributed by atoms with Gasteiger partial charge in [0.05, 0.1) is 21.2 Å². The molecule has 1 aliphatic heterocycles. The van der Waals surface area contributed by atoms with Crippen molar-refractivity contribution in [2.45, 2.75) is 19.8 Å². The lowest BCUT2D eigenvalue weighted by Gasteiger charge is -2.12. The summed E-state index contributed by atoms with van der Waals surface area (Å²) in [5, 5.41) is 0.559. The van der Waals surface area contributed by atoms with E-state index in [0.717, 1.165) is 12.8 Å². The molecule has 5 heteroatoms. The lowest BCUT2D eigenvalue weighted by Crippen LogP contribution is -2.30. The van der Waals surface area contributed by atoms with Crippen LogP contribution in [0.3, 0.4) is 0 Å². The Balaban J connectivity index is 2.45. The fraction of sp³-hybridized carbons (Fsp3) is 0.333. The van der Waals surface area contributed by atoms with Crippen LogP contribution < -0.4 is 0 Å². The molecule has 0 aromatic heterocycles. The number of fused-ring (bicyclic) bond motifs is 1. The molecule has 17 heavy (non-hydrogen) atoms. The summed E-state index contributed by atoms with van der Waals surface area (Å²) in [6, 6.07) is 3.08. The van der Waals surface area contributed by atoms with Crippen LogP contribution in [0.5, 0.6) is 0 Å². The van der Waals surface area contributed by atoms with Gasteiger partial charge in [-0.25, -0.2) is 0 Å². The van der Waals surface area contributed by atoms with E-state index in [-0.39, 0.29) is 33.0 Å². The number of carbonyl (C=O) groups excluding carboxylic acids is 2. The van der Waals surface area contributed by atoms with Gasteiger partial charge in [0.15, 0.2) is 0 Å². The summed E-state index contributed by atoms with van der Waals surface area (Å²) in [6.45, 7) is 2.41. The average Bonchev–Trinajstić information content (AvgIpc) is 2.55. The molecule has 1 aromatic carbocycles. The van der Waals surface area contributed by atoms with E-state index in [2.05, 4.69) is 0 Å². The van der Waals surface area contributed by atoms with Crippen molar-refractivity contribution in [3.05, 3.63) is 33.3 Å². The van der Waals surface area contributed by atoms with Gasteiger partial charge in [-0.05, 0) is 18.6 Å². The van der Waals surface area contributed by atoms with Crippen molar-refractivity contribution in [3.63, 3.8) is 0 Å². The standard InChI is InChI=1S/C12H11Cl2NO2/c1-2-3-6-15-11(16)9-7(13)4-5-8(14)10(9)12(15)17/h4-5H,2-3,6H2,1H3. The molecule has 0 unspecified atom stereocenters. The monoisotopic (exact) mass is 271 g/mol. The molecule has 1 aromatic rings. The van der Waals surface area contributed by atoms with Crippen molar-refractivity contribution in [2.24, 2.45) is 0 Å². The SMILES string of the molecule is CCCCN1C(=O)c2c(Cl)ccc(Cl)c2C1=O. The maximum atomic E-state index is 12.0. The Bertz CT molecular complexity index is 459. The Hall–Kier alpha value is -1.06. The number of rotatable bonds is 3. The van der Waals surface area contributed by atoms with E-state index in [9.17, 15) is 9.59 Å². The van der Waals surface area contributed by atoms with E-state index in [4.69, 9.17) is 23.2 Å². The van der Waals surface area contributed by atoms with Crippen molar-refractivity contribution in [3.8, 4) is 0 Å². The fourth-order valence-corrected chi connectivity index (χ4v) is 2.33. The summed E-state index contributed by atoms with van der Waals surface area (Å²) < 4.78 is 0. The number of nitrogens with zero attached hydrogens (tertiary/aromatic N) is 1. The van der Waals surface area contributed by atoms with E-state index < -0.39 is 0 Å². The van der Waals surface area contributed by atoms with Crippen molar-refractivity contribution >= 4 is 35.0 Å². The van der Waals surface area contributed by atoms with E-state index in [1.807, 2.05) is 6.92 Å². The maximum Gasteiger partial charge on any atom is 0.263 e. The smallest absolute Gasteiger partial charge is 0.263 e. The molecule has 0 bridgehead atoms. The van der Waals surface area contributed by atoms with Gasteiger partial charge >= 0.3 is 0 Å². The van der Waals surface area contributed by atoms with Crippen LogP contribution in [0.1, 0.15) is 40.5 Å². The zero-order valence-electron chi connectivity index (χ0n) is 9.30. The highest BCUT2D eigenvalue weighted by Crippen LogP contribution is 2.34. The number of benzene rings is 1. The predicted octanol–water partition coefficient (Wildman–Crippen LogP) is 3.39. The van der Waals surface area contributed by atoms with Crippen LogP contribution in [0.2, 0.25) is 10.0 Å². The van der Waals surface area contributed by atoms with Gasteiger partial charge in [-0.15, -0.1) is 0 Å². The molecule has 0 saturated heterocycles. The molecule has 0 atom stereocenters. The normalized spacial score (nSPS) is 14.4. The zero-order valence-corrected chi connectivity index (χ0v) is 10.8. The summed E-state index contributed by atoms with van der Waals surface area (Å²) in [5.41, 5.74) is 0.473. The number of hydrogen-bond acceptors (Lipinski definition) is 2. The van der Waals surface area contributed by atoms with Crippen LogP contribution in [0.4, 0.5) is 0 Å². The lowest BCUT2D eigenvalue weighted by molar-refractivity contribution is 0.0652. The number of imide groups is 1. The van der Waals surface area contributed by atoms with E-state index in [1.165, 1.54) is 17.0 Å². The van der Waals surface area contributed by atoms with Crippen LogP contribution in [0, 0.1) is 0 Å². The van der Waals surface area contributed by atoms with Gasteiger partial charge < -0.3 is 0 Å². The minimum absolute atomic E-state index is 0.236. The van der Waals surface area contributed by atoms with Crippen LogP contribution >= 0.6 is 23.2 Å². The van der Waals surface area contributed by atoms with E-state index in [0.29, 0.717) is 6.54 Å². The first-order valence-electron chi connectivity index (χ1n) is 5.42. The van der Waals surface area contributed by atoms with Gasteiger partial charge in [-0.2, -0.15) is 0 Å². The third-order valence-corrected chi connectivity index (χ3v) is 3.39. The van der Waals surface area contributed by atoms with Gasteiger partial charge in [-0.3, -0.25) is 14.5 Å². The molecule has 2 rings (SSSR count). The molecule has 0 aliphatic carbocycles. The highest BCUT2D eigenvalue weighted by atomic mass is 35.5. The summed E-state index contributed by atoms with van der Waals surface area (Å²) in [5.74, 6) is -0.683. The van der Waals surface area contributed by atoms with Crippen LogP contribution in [-0.2, 0) is 0 Å². The fourth-order valence-electron chi connectivity index (χ4n) is 1.85. The molecule has 0 spiro atoms. The molecule has 90 valence electrons. The summed E-state index contributed by atoms with van der Waals surface area (Å²) >= 11 is 11.9. The van der Waals surface area contributed by atoms with Gasteiger partial charge in [0.1, 0.15) is 0 Å². The number of amides is 2. The Morgan fingerprint density at radius 1 is 1.06 bits per heavy atom. The second-order valence-electron chi connectivity index (χ2n) is 3.89. The first-order chi connectivity index (χ1) is 8.07.